The molecule has 0 spiro atoms. The van der Waals surface area contributed by atoms with Crippen LogP contribution in [0.25, 0.3) is 0 Å². The second kappa shape index (κ2) is 9.31. The SMILES string of the molecule is Cc1cc(S(=O)(=O)N2CCC(OCCCN)CC2)c(Cl)cc1F.Cl. The number of piperidine rings is 1. The molecule has 1 fully saturated rings. The van der Waals surface area contributed by atoms with E-state index in [1.165, 1.54) is 17.3 Å². The van der Waals surface area contributed by atoms with E-state index in [2.05, 4.69) is 0 Å². The Hall–Kier alpha value is -0.440. The van der Waals surface area contributed by atoms with Gasteiger partial charge in [-0.25, -0.2) is 12.8 Å². The summed E-state index contributed by atoms with van der Waals surface area (Å²) in [7, 11) is -3.72. The summed E-state index contributed by atoms with van der Waals surface area (Å²) in [6, 6.07) is 2.34. The monoisotopic (exact) mass is 400 g/mol. The average Bonchev–Trinajstić information content (AvgIpc) is 2.51. The Bertz CT molecular complexity index is 650. The smallest absolute Gasteiger partial charge is 0.244 e. The molecule has 1 heterocycles. The van der Waals surface area contributed by atoms with Gasteiger partial charge in [0.05, 0.1) is 11.1 Å². The fourth-order valence-corrected chi connectivity index (χ4v) is 4.58. The lowest BCUT2D eigenvalue weighted by Gasteiger charge is -2.31. The van der Waals surface area contributed by atoms with Crippen LogP contribution >= 0.6 is 24.0 Å². The predicted molar refractivity (Wildman–Crippen MR) is 94.8 cm³/mol. The summed E-state index contributed by atoms with van der Waals surface area (Å²) in [5.41, 5.74) is 5.68. The molecule has 0 saturated carbocycles. The average molecular weight is 401 g/mol. The first-order chi connectivity index (χ1) is 10.9. The molecule has 2 rings (SSSR count). The third-order valence-electron chi connectivity index (χ3n) is 3.93. The summed E-state index contributed by atoms with van der Waals surface area (Å²) in [5.74, 6) is -0.513. The molecule has 1 aromatic rings. The van der Waals surface area contributed by atoms with E-state index in [4.69, 9.17) is 22.1 Å². The number of hydrogen-bond donors (Lipinski definition) is 1. The molecule has 5 nitrogen and oxygen atoms in total. The van der Waals surface area contributed by atoms with Crippen molar-refractivity contribution in [2.75, 3.05) is 26.2 Å². The zero-order chi connectivity index (χ0) is 17.0. The minimum atomic E-state index is -3.72. The number of halogens is 3. The molecule has 1 saturated heterocycles. The number of nitrogens with two attached hydrogens (primary N) is 1. The van der Waals surface area contributed by atoms with E-state index in [0.29, 0.717) is 39.1 Å². The van der Waals surface area contributed by atoms with E-state index in [1.807, 2.05) is 0 Å². The molecule has 24 heavy (non-hydrogen) atoms. The highest BCUT2D eigenvalue weighted by Crippen LogP contribution is 2.29. The zero-order valence-corrected chi connectivity index (χ0v) is 15.9. The third-order valence-corrected chi connectivity index (χ3v) is 6.30. The minimum Gasteiger partial charge on any atom is -0.378 e. The van der Waals surface area contributed by atoms with Crippen molar-refractivity contribution < 1.29 is 17.5 Å². The number of aryl methyl sites for hydroxylation is 1. The quantitative estimate of drug-likeness (QED) is 0.744. The van der Waals surface area contributed by atoms with E-state index >= 15 is 0 Å². The Morgan fingerprint density at radius 2 is 2.00 bits per heavy atom. The standard InChI is InChI=1S/C15H22ClFN2O3S.ClH/c1-11-9-15(13(16)10-14(11)17)23(20,21)19-6-3-12(4-7-19)22-8-2-5-18;/h9-10,12H,2-8,18H2,1H3;1H. The van der Waals surface area contributed by atoms with Crippen LogP contribution in [0.1, 0.15) is 24.8 Å². The predicted octanol–water partition coefficient (Wildman–Crippen LogP) is 2.73. The highest BCUT2D eigenvalue weighted by molar-refractivity contribution is 7.89. The van der Waals surface area contributed by atoms with Gasteiger partial charge in [0, 0.05) is 19.7 Å². The van der Waals surface area contributed by atoms with Gasteiger partial charge >= 0.3 is 0 Å². The Morgan fingerprint density at radius 1 is 1.38 bits per heavy atom. The van der Waals surface area contributed by atoms with Crippen LogP contribution < -0.4 is 5.73 Å². The Labute approximate surface area is 153 Å². The maximum absolute atomic E-state index is 13.5. The number of benzene rings is 1. The molecule has 0 atom stereocenters. The van der Waals surface area contributed by atoms with Gasteiger partial charge in [0.15, 0.2) is 0 Å². The van der Waals surface area contributed by atoms with Crippen LogP contribution in [0, 0.1) is 12.7 Å². The summed E-state index contributed by atoms with van der Waals surface area (Å²) in [5, 5.41) is -0.0885. The third kappa shape index (κ3) is 5.03. The maximum Gasteiger partial charge on any atom is 0.244 e. The molecule has 1 aromatic carbocycles. The second-order valence-corrected chi connectivity index (χ2v) is 7.96. The number of sulfonamides is 1. The first-order valence-corrected chi connectivity index (χ1v) is 9.45. The van der Waals surface area contributed by atoms with E-state index in [-0.39, 0.29) is 34.0 Å². The first-order valence-electron chi connectivity index (χ1n) is 7.63. The van der Waals surface area contributed by atoms with E-state index in [0.717, 1.165) is 12.5 Å². The Balaban J connectivity index is 0.00000288. The van der Waals surface area contributed by atoms with Crippen molar-refractivity contribution >= 4 is 34.0 Å². The van der Waals surface area contributed by atoms with Crippen molar-refractivity contribution in [2.24, 2.45) is 5.73 Å². The Morgan fingerprint density at radius 3 is 2.58 bits per heavy atom. The van der Waals surface area contributed by atoms with Crippen LogP contribution in [0.3, 0.4) is 0 Å². The molecule has 1 aliphatic heterocycles. The highest BCUT2D eigenvalue weighted by atomic mass is 35.5. The molecule has 0 unspecified atom stereocenters. The van der Waals surface area contributed by atoms with E-state index in [9.17, 15) is 12.8 Å². The lowest BCUT2D eigenvalue weighted by Crippen LogP contribution is -2.41. The Kier molecular flexibility index (Phi) is 8.38. The summed E-state index contributed by atoms with van der Waals surface area (Å²) in [4.78, 5) is -0.0411. The molecular formula is C15H23Cl2FN2O3S. The van der Waals surface area contributed by atoms with Crippen molar-refractivity contribution in [3.63, 3.8) is 0 Å². The van der Waals surface area contributed by atoms with Crippen molar-refractivity contribution in [2.45, 2.75) is 37.2 Å². The van der Waals surface area contributed by atoms with Gasteiger partial charge in [0.2, 0.25) is 10.0 Å². The molecule has 0 aromatic heterocycles. The molecule has 0 radical (unpaired) electrons. The van der Waals surface area contributed by atoms with Crippen molar-refractivity contribution in [1.29, 1.82) is 0 Å². The summed E-state index contributed by atoms with van der Waals surface area (Å²) < 4.78 is 45.9. The van der Waals surface area contributed by atoms with Crippen molar-refractivity contribution in [3.05, 3.63) is 28.5 Å². The van der Waals surface area contributed by atoms with Gasteiger partial charge in [-0.15, -0.1) is 12.4 Å². The van der Waals surface area contributed by atoms with Crippen LogP contribution in [0.2, 0.25) is 5.02 Å². The number of rotatable bonds is 6. The van der Waals surface area contributed by atoms with Gasteiger partial charge < -0.3 is 10.5 Å². The van der Waals surface area contributed by atoms with Crippen LogP contribution in [0.4, 0.5) is 4.39 Å². The minimum absolute atomic E-state index is 0. The maximum atomic E-state index is 13.5. The number of nitrogens with zero attached hydrogens (tertiary/aromatic N) is 1. The molecule has 0 amide bonds. The van der Waals surface area contributed by atoms with Crippen LogP contribution in [-0.2, 0) is 14.8 Å². The summed E-state index contributed by atoms with van der Waals surface area (Å²) >= 11 is 5.94. The van der Waals surface area contributed by atoms with E-state index in [1.54, 1.807) is 0 Å². The van der Waals surface area contributed by atoms with Crippen LogP contribution in [-0.4, -0.2) is 45.1 Å². The largest absolute Gasteiger partial charge is 0.378 e. The highest BCUT2D eigenvalue weighted by Gasteiger charge is 2.31. The lowest BCUT2D eigenvalue weighted by atomic mass is 10.1. The molecule has 0 aliphatic carbocycles. The van der Waals surface area contributed by atoms with Crippen LogP contribution in [0.5, 0.6) is 0 Å². The van der Waals surface area contributed by atoms with E-state index < -0.39 is 15.8 Å². The van der Waals surface area contributed by atoms with Gasteiger partial charge in [-0.05, 0) is 50.4 Å². The second-order valence-electron chi connectivity index (χ2n) is 5.65. The van der Waals surface area contributed by atoms with Crippen molar-refractivity contribution in [1.82, 2.24) is 4.31 Å². The van der Waals surface area contributed by atoms with Crippen molar-refractivity contribution in [3.8, 4) is 0 Å². The van der Waals surface area contributed by atoms with Gasteiger partial charge in [-0.2, -0.15) is 4.31 Å². The molecule has 1 aliphatic rings. The fourth-order valence-electron chi connectivity index (χ4n) is 2.54. The van der Waals surface area contributed by atoms with Gasteiger partial charge in [-0.1, -0.05) is 11.6 Å². The fraction of sp³-hybridized carbons (Fsp3) is 0.600. The molecule has 0 bridgehead atoms. The zero-order valence-electron chi connectivity index (χ0n) is 13.5. The molecule has 9 heteroatoms. The van der Waals surface area contributed by atoms with Crippen LogP contribution in [0.15, 0.2) is 17.0 Å². The number of ether oxygens (including phenoxy) is 1. The van der Waals surface area contributed by atoms with Gasteiger partial charge in [0.25, 0.3) is 0 Å². The van der Waals surface area contributed by atoms with Gasteiger partial charge in [0.1, 0.15) is 10.7 Å². The summed E-state index contributed by atoms with van der Waals surface area (Å²) in [6.07, 6.45) is 2.10. The number of hydrogen-bond acceptors (Lipinski definition) is 4. The summed E-state index contributed by atoms with van der Waals surface area (Å²) in [6.45, 7) is 3.42. The van der Waals surface area contributed by atoms with Gasteiger partial charge in [-0.3, -0.25) is 0 Å². The first kappa shape index (κ1) is 21.6. The normalized spacial score (nSPS) is 16.8. The lowest BCUT2D eigenvalue weighted by molar-refractivity contribution is 0.0209. The molecule has 138 valence electrons. The molecular weight excluding hydrogens is 378 g/mol. The topological polar surface area (TPSA) is 72.6 Å². The molecule has 2 N–H and O–H groups in total.